The van der Waals surface area contributed by atoms with Crippen molar-refractivity contribution < 1.29 is 87.2 Å². The van der Waals surface area contributed by atoms with Gasteiger partial charge in [-0.25, -0.2) is 0 Å². The summed E-state index contributed by atoms with van der Waals surface area (Å²) < 4.78 is 118. The van der Waals surface area contributed by atoms with Gasteiger partial charge < -0.3 is 61.1 Å². The van der Waals surface area contributed by atoms with E-state index in [9.17, 15) is 53.9 Å². The number of nitrogen functional groups attached to an aromatic ring is 2. The summed E-state index contributed by atoms with van der Waals surface area (Å²) in [4.78, 5) is 30.7. The maximum Gasteiger partial charge on any atom is 0.494 e. The van der Waals surface area contributed by atoms with Crippen molar-refractivity contribution in [3.05, 3.63) is 238 Å². The summed E-state index contributed by atoms with van der Waals surface area (Å²) in [6.45, 7) is 7.17. The molecule has 8 N–H and O–H groups in total. The molecule has 8 aromatic rings. The first-order chi connectivity index (χ1) is 41.8. The maximum absolute atomic E-state index is 12.2. The second-order valence-corrected chi connectivity index (χ2v) is 28.5. The lowest BCUT2D eigenvalue weighted by Crippen LogP contribution is -3.00. The van der Waals surface area contributed by atoms with Crippen LogP contribution in [0.5, 0.6) is 0 Å². The molecule has 0 saturated carbocycles. The number of carbonyl (C=O) groups excluding carboxylic acids is 3. The number of Topliss-reactive ketones (excluding diaryl/α,β-unsaturated/α-hetero) is 1. The molecule has 26 heteroatoms. The quantitative estimate of drug-likeness (QED) is 0.0278. The first-order valence-corrected chi connectivity index (χ1v) is 32.8. The molecular formula is C64H64BBr2F9IN5O5P2S. The maximum atomic E-state index is 12.2. The van der Waals surface area contributed by atoms with Crippen LogP contribution in [0.15, 0.2) is 221 Å². The number of rotatable bonds is 11. The minimum atomic E-state index is -4.88. The standard InChI is InChI=1S/C18H15P2S.C15H13F3N2O.C12H18BNO2.C9H7BrF3NO.C7H8BrN.C3H3F3O.HI/c21-19-20(16-10-4-1-5-11-16,17-12-6-2-7-13-17)18-14-8-3-9-15-18;16-15(17,18)14(21)20-9-11-3-1-2-4-13(11)10-5-7-12(19)8-6-10;1-11(2)12(3,4)16-13(15-11)9-5-7-10(14)8-6-9;10-7-4-2-1-3-6(7)5-14-8(15)9(11,12)13;8-7-4-2-1-3-6(7)5-9;1-2(7)3(4,5)6;/h1-15H;1-8H,9,19H2,(H,20,21);5-8H,14H2,1-4H3;1-4H,5H2,(H,14,15);1-4H,5,9H2;1H3;1H/q+1;;;;;;/p-1. The summed E-state index contributed by atoms with van der Waals surface area (Å²) in [5.74, 6) is -5.64. The van der Waals surface area contributed by atoms with Gasteiger partial charge in [0.1, 0.15) is 15.9 Å². The minimum absolute atomic E-state index is 0. The molecule has 478 valence electrons. The first kappa shape index (κ1) is 78.2. The SMILES string of the molecule is CC(=O)C(F)(F)F.CC1(C)OB(c2ccc(N)cc2)OC1(C)C.NCc1ccccc1Br.Nc1ccc(-c2ccccc2CNC(=O)C(F)(F)F)cc1.O=C(NCc1ccccc1Br)C(F)(F)F.S=P[P+](c1ccccc1)(c1ccccc1)c1ccccc1.[I-]. The van der Waals surface area contributed by atoms with Crippen LogP contribution >= 0.6 is 45.9 Å². The van der Waals surface area contributed by atoms with Crippen LogP contribution in [0, 0.1) is 0 Å². The van der Waals surface area contributed by atoms with Crippen molar-refractivity contribution in [1.29, 1.82) is 0 Å². The zero-order valence-electron chi connectivity index (χ0n) is 49.0. The largest absolute Gasteiger partial charge is 1.00 e. The molecule has 8 aromatic carbocycles. The van der Waals surface area contributed by atoms with Crippen LogP contribution in [0.1, 0.15) is 51.3 Å². The number of hydrogen-bond donors (Lipinski definition) is 5. The number of alkyl halides is 9. The van der Waals surface area contributed by atoms with Gasteiger partial charge in [-0.05, 0) is 146 Å². The molecule has 9 rings (SSSR count). The Labute approximate surface area is 559 Å². The van der Waals surface area contributed by atoms with Gasteiger partial charge in [0.05, 0.1) is 11.2 Å². The predicted molar refractivity (Wildman–Crippen MR) is 351 cm³/mol. The Morgan fingerprint density at radius 3 is 1.17 bits per heavy atom. The van der Waals surface area contributed by atoms with Crippen molar-refractivity contribution in [1.82, 2.24) is 10.6 Å². The van der Waals surface area contributed by atoms with Crippen molar-refractivity contribution in [2.24, 2.45) is 5.73 Å². The highest BCUT2D eigenvalue weighted by Crippen LogP contribution is 2.66. The fourth-order valence-corrected chi connectivity index (χ4v) is 16.1. The van der Waals surface area contributed by atoms with E-state index in [-0.39, 0.29) is 55.4 Å². The Bertz CT molecular complexity index is 3420. The third-order valence-corrected chi connectivity index (χ3v) is 23.1. The number of ketones is 1. The fraction of sp³-hybridized carbons (Fsp3) is 0.203. The van der Waals surface area contributed by atoms with E-state index < -0.39 is 43.1 Å². The van der Waals surface area contributed by atoms with Crippen molar-refractivity contribution in [2.45, 2.75) is 84.0 Å². The molecule has 0 spiro atoms. The van der Waals surface area contributed by atoms with Crippen molar-refractivity contribution >= 4 is 115 Å². The molecule has 1 fully saturated rings. The topological polar surface area (TPSA) is 172 Å². The average molecular weight is 1550 g/mol. The van der Waals surface area contributed by atoms with Gasteiger partial charge in [0.2, 0.25) is 5.78 Å². The van der Waals surface area contributed by atoms with E-state index in [0.717, 1.165) is 39.4 Å². The highest BCUT2D eigenvalue weighted by atomic mass is 127. The molecule has 2 amide bonds. The lowest BCUT2D eigenvalue weighted by atomic mass is 9.79. The fourth-order valence-electron chi connectivity index (χ4n) is 7.63. The monoisotopic (exact) mass is 1540 g/mol. The highest BCUT2D eigenvalue weighted by molar-refractivity contribution is 9.10. The third kappa shape index (κ3) is 24.2. The molecule has 10 nitrogen and oxygen atoms in total. The van der Waals surface area contributed by atoms with Crippen LogP contribution in [-0.4, -0.2) is 54.4 Å². The van der Waals surface area contributed by atoms with E-state index in [1.807, 2.05) is 81.5 Å². The molecule has 1 heterocycles. The van der Waals surface area contributed by atoms with Crippen molar-refractivity contribution in [3.63, 3.8) is 0 Å². The molecule has 0 aliphatic carbocycles. The van der Waals surface area contributed by atoms with Crippen LogP contribution in [-0.2, 0) is 55.1 Å². The van der Waals surface area contributed by atoms with Gasteiger partial charge in [-0.15, -0.1) is 0 Å². The van der Waals surface area contributed by atoms with E-state index in [1.165, 1.54) is 15.9 Å². The van der Waals surface area contributed by atoms with Gasteiger partial charge in [-0.3, -0.25) is 14.4 Å². The molecule has 0 aromatic heterocycles. The third-order valence-electron chi connectivity index (χ3n) is 13.1. The van der Waals surface area contributed by atoms with Crippen LogP contribution in [0.2, 0.25) is 0 Å². The number of carbonyl (C=O) groups is 3. The zero-order chi connectivity index (χ0) is 66.2. The van der Waals surface area contributed by atoms with Crippen LogP contribution < -0.4 is 73.2 Å². The number of anilines is 2. The lowest BCUT2D eigenvalue weighted by Gasteiger charge is -2.32. The molecule has 1 aliphatic heterocycles. The lowest BCUT2D eigenvalue weighted by molar-refractivity contribution is -0.173. The molecule has 0 bridgehead atoms. The number of halogens is 12. The van der Waals surface area contributed by atoms with Gasteiger partial charge in [0, 0.05) is 46.9 Å². The van der Waals surface area contributed by atoms with Crippen LogP contribution in [0.3, 0.4) is 0 Å². The Morgan fingerprint density at radius 2 is 0.833 bits per heavy atom. The predicted octanol–water partition coefficient (Wildman–Crippen LogP) is 11.7. The van der Waals surface area contributed by atoms with Gasteiger partial charge in [-0.1, -0.05) is 171 Å². The van der Waals surface area contributed by atoms with Crippen LogP contribution in [0.4, 0.5) is 50.9 Å². The van der Waals surface area contributed by atoms with E-state index in [4.69, 9.17) is 38.3 Å². The second kappa shape index (κ2) is 36.2. The Morgan fingerprint density at radius 1 is 0.511 bits per heavy atom. The molecule has 0 atom stereocenters. The van der Waals surface area contributed by atoms with Gasteiger partial charge in [0.15, 0.2) is 14.0 Å². The first-order valence-electron chi connectivity index (χ1n) is 26.8. The zero-order valence-corrected chi connectivity index (χ0v) is 57.0. The molecule has 1 aliphatic rings. The van der Waals surface area contributed by atoms with E-state index >= 15 is 0 Å². The summed E-state index contributed by atoms with van der Waals surface area (Å²) >= 11 is 12.2. The number of nitrogens with two attached hydrogens (primary N) is 3. The van der Waals surface area contributed by atoms with E-state index in [2.05, 4.69) is 123 Å². The normalized spacial score (nSPS) is 13.0. The minimum Gasteiger partial charge on any atom is -1.00 e. The molecule has 1 saturated heterocycles. The Balaban J connectivity index is 0.000000291. The van der Waals surface area contributed by atoms with Gasteiger partial charge in [0.25, 0.3) is 0 Å². The number of benzene rings is 8. The van der Waals surface area contributed by atoms with Gasteiger partial charge in [-0.2, -0.15) is 39.5 Å². The number of amides is 2. The molecule has 0 radical (unpaired) electrons. The smallest absolute Gasteiger partial charge is 0.494 e. The molecule has 0 unspecified atom stereocenters. The Hall–Kier alpha value is -6.08. The van der Waals surface area contributed by atoms with Crippen LogP contribution in [0.25, 0.3) is 11.1 Å². The van der Waals surface area contributed by atoms with E-state index in [1.54, 1.807) is 78.1 Å². The number of nitrogens with one attached hydrogen (secondary N) is 2. The molecular weight excluding hydrogens is 1480 g/mol. The summed E-state index contributed by atoms with van der Waals surface area (Å²) in [5, 5.41) is 7.70. The summed E-state index contributed by atoms with van der Waals surface area (Å²) in [6.07, 6.45) is -14.3. The second-order valence-electron chi connectivity index (χ2n) is 20.1. The number of hydrogen-bond acceptors (Lipinski definition) is 9. The van der Waals surface area contributed by atoms with Crippen molar-refractivity contribution in [2.75, 3.05) is 11.5 Å². The summed E-state index contributed by atoms with van der Waals surface area (Å²) in [6, 6.07) is 68.3. The van der Waals surface area contributed by atoms with Crippen molar-refractivity contribution in [3.8, 4) is 11.1 Å². The van der Waals surface area contributed by atoms with Gasteiger partial charge >= 0.3 is 37.5 Å². The average Bonchev–Trinajstić information content (AvgIpc) is 1.18. The molecule has 90 heavy (non-hydrogen) atoms. The summed E-state index contributed by atoms with van der Waals surface area (Å²) in [7, 11) is 0.708. The summed E-state index contributed by atoms with van der Waals surface area (Å²) in [5.41, 5.74) is 22.4. The highest BCUT2D eigenvalue weighted by Gasteiger charge is 2.52. The van der Waals surface area contributed by atoms with E-state index in [0.29, 0.717) is 34.8 Å². The Kier molecular flexibility index (Phi) is 31.5.